The number of aryl methyl sites for hydroxylation is 1. The predicted octanol–water partition coefficient (Wildman–Crippen LogP) is 5.08. The summed E-state index contributed by atoms with van der Waals surface area (Å²) in [6.07, 6.45) is -0.0842. The number of ether oxygens (including phenoxy) is 2. The predicted molar refractivity (Wildman–Crippen MR) is 139 cm³/mol. The first-order valence-corrected chi connectivity index (χ1v) is 13.1. The fourth-order valence-electron chi connectivity index (χ4n) is 5.18. The van der Waals surface area contributed by atoms with E-state index in [4.69, 9.17) is 14.5 Å². The number of amides is 1. The number of aromatic nitrogens is 3. The van der Waals surface area contributed by atoms with Crippen molar-refractivity contribution < 1.29 is 27.4 Å². The largest absolute Gasteiger partial charge is 0.381 e. The van der Waals surface area contributed by atoms with Crippen molar-refractivity contribution >= 4 is 22.6 Å². The number of carbonyl (C=O) groups is 1. The number of nitrogens with one attached hydrogen (secondary N) is 1. The van der Waals surface area contributed by atoms with Crippen molar-refractivity contribution in [2.45, 2.75) is 51.7 Å². The van der Waals surface area contributed by atoms with E-state index in [9.17, 15) is 18.0 Å². The van der Waals surface area contributed by atoms with Crippen LogP contribution in [0.4, 0.5) is 19.0 Å². The van der Waals surface area contributed by atoms with Crippen molar-refractivity contribution in [3.8, 4) is 0 Å². The van der Waals surface area contributed by atoms with Gasteiger partial charge in [0.2, 0.25) is 5.91 Å². The Morgan fingerprint density at radius 1 is 1.23 bits per heavy atom. The third kappa shape index (κ3) is 5.56. The molecule has 0 saturated carbocycles. The fraction of sp³-hybridized carbons (Fsp3) is 0.500. The van der Waals surface area contributed by atoms with Gasteiger partial charge in [-0.15, -0.1) is 0 Å². The summed E-state index contributed by atoms with van der Waals surface area (Å²) < 4.78 is 53.3. The van der Waals surface area contributed by atoms with Crippen molar-refractivity contribution in [3.63, 3.8) is 0 Å². The molecule has 0 aliphatic carbocycles. The van der Waals surface area contributed by atoms with E-state index in [1.54, 1.807) is 31.9 Å². The van der Waals surface area contributed by atoms with Crippen LogP contribution in [-0.2, 0) is 19.9 Å². The van der Waals surface area contributed by atoms with E-state index < -0.39 is 29.4 Å². The molecule has 1 amide bonds. The van der Waals surface area contributed by atoms with Crippen LogP contribution < -0.4 is 5.32 Å². The highest BCUT2D eigenvalue weighted by Crippen LogP contribution is 2.39. The topological polar surface area (TPSA) is 89.5 Å². The summed E-state index contributed by atoms with van der Waals surface area (Å²) in [5, 5.41) is 3.87. The normalized spacial score (nSPS) is 18.3. The number of halogens is 3. The summed E-state index contributed by atoms with van der Waals surface area (Å²) in [7, 11) is 0. The molecule has 8 nitrogen and oxygen atoms in total. The molecule has 0 radical (unpaired) electrons. The minimum atomic E-state index is -2.91. The van der Waals surface area contributed by atoms with Crippen LogP contribution in [0, 0.1) is 18.7 Å². The molecule has 3 aromatic rings. The SMILES string of the molecule is CC(=O)N1CCC(OCC2COC2)(c2cc3c(N[C@H](C)c4cccc(C(F)F)c4F)nc(C)nc3cn2)CC1. The lowest BCUT2D eigenvalue weighted by Gasteiger charge is -2.42. The smallest absolute Gasteiger partial charge is 0.266 e. The summed E-state index contributed by atoms with van der Waals surface area (Å²) in [4.78, 5) is 27.6. The monoisotopic (exact) mass is 543 g/mol. The maximum Gasteiger partial charge on any atom is 0.266 e. The molecule has 0 bridgehead atoms. The Morgan fingerprint density at radius 2 is 1.95 bits per heavy atom. The molecule has 2 aromatic heterocycles. The molecule has 1 aromatic carbocycles. The molecular weight excluding hydrogens is 511 g/mol. The Morgan fingerprint density at radius 3 is 2.59 bits per heavy atom. The van der Waals surface area contributed by atoms with Crippen LogP contribution in [0.15, 0.2) is 30.5 Å². The zero-order valence-electron chi connectivity index (χ0n) is 22.2. The number of piperidine rings is 1. The number of hydrogen-bond acceptors (Lipinski definition) is 7. The van der Waals surface area contributed by atoms with Gasteiger partial charge in [0.15, 0.2) is 0 Å². The number of pyridine rings is 1. The van der Waals surface area contributed by atoms with E-state index in [0.717, 1.165) is 6.07 Å². The molecule has 2 aliphatic heterocycles. The average Bonchev–Trinajstić information content (AvgIpc) is 2.87. The number of hydrogen-bond donors (Lipinski definition) is 1. The molecule has 1 N–H and O–H groups in total. The molecular formula is C28H32F3N5O3. The highest BCUT2D eigenvalue weighted by molar-refractivity contribution is 5.89. The number of alkyl halides is 2. The van der Waals surface area contributed by atoms with Crippen molar-refractivity contribution in [2.75, 3.05) is 38.2 Å². The Kier molecular flexibility index (Phi) is 7.73. The first-order valence-electron chi connectivity index (χ1n) is 13.1. The molecule has 11 heteroatoms. The van der Waals surface area contributed by atoms with E-state index in [1.807, 2.05) is 6.07 Å². The Balaban J connectivity index is 1.50. The van der Waals surface area contributed by atoms with Gasteiger partial charge in [0.05, 0.1) is 48.8 Å². The lowest BCUT2D eigenvalue weighted by atomic mass is 9.86. The number of carbonyl (C=O) groups excluding carboxylic acids is 1. The van der Waals surface area contributed by atoms with Gasteiger partial charge >= 0.3 is 0 Å². The highest BCUT2D eigenvalue weighted by atomic mass is 19.3. The van der Waals surface area contributed by atoms with Crippen LogP contribution in [0.2, 0.25) is 0 Å². The average molecular weight is 544 g/mol. The van der Waals surface area contributed by atoms with Crippen LogP contribution in [0.3, 0.4) is 0 Å². The zero-order valence-corrected chi connectivity index (χ0v) is 22.2. The highest BCUT2D eigenvalue weighted by Gasteiger charge is 2.40. The first-order chi connectivity index (χ1) is 18.7. The molecule has 4 heterocycles. The van der Waals surface area contributed by atoms with Gasteiger partial charge < -0.3 is 19.7 Å². The quantitative estimate of drug-likeness (QED) is 0.424. The number of likely N-dealkylation sites (tertiary alicyclic amines) is 1. The number of fused-ring (bicyclic) bond motifs is 1. The van der Waals surface area contributed by atoms with Gasteiger partial charge in [-0.05, 0) is 32.8 Å². The van der Waals surface area contributed by atoms with Gasteiger partial charge in [-0.25, -0.2) is 23.1 Å². The van der Waals surface area contributed by atoms with E-state index in [-0.39, 0.29) is 11.5 Å². The van der Waals surface area contributed by atoms with Crippen LogP contribution >= 0.6 is 0 Å². The third-order valence-corrected chi connectivity index (χ3v) is 7.59. The van der Waals surface area contributed by atoms with Gasteiger partial charge in [-0.1, -0.05) is 18.2 Å². The Labute approximate surface area is 224 Å². The Bertz CT molecular complexity index is 1360. The van der Waals surface area contributed by atoms with Crippen molar-refractivity contribution in [1.82, 2.24) is 19.9 Å². The summed E-state index contributed by atoms with van der Waals surface area (Å²) in [5.41, 5.74) is 0.0649. The standard InChI is InChI=1S/C28H32F3N5O3/c1-16(20-5-4-6-21(25(20)29)26(30)31)33-27-22-11-24(32-12-23(22)34-17(2)35-27)28(39-15-19-13-38-14-19)7-9-36(10-8-28)18(3)37/h4-6,11-12,16,19,26H,7-10,13-15H2,1-3H3,(H,33,34,35)/t16-/m1/s1. The molecule has 5 rings (SSSR count). The minimum absolute atomic E-state index is 0.0231. The second-order valence-electron chi connectivity index (χ2n) is 10.3. The number of anilines is 1. The first kappa shape index (κ1) is 27.3. The van der Waals surface area contributed by atoms with Crippen molar-refractivity contribution in [2.24, 2.45) is 5.92 Å². The zero-order chi connectivity index (χ0) is 27.7. The third-order valence-electron chi connectivity index (χ3n) is 7.59. The van der Waals surface area contributed by atoms with E-state index in [1.165, 1.54) is 12.1 Å². The molecule has 2 aliphatic rings. The van der Waals surface area contributed by atoms with Gasteiger partial charge in [0, 0.05) is 36.9 Å². The second-order valence-corrected chi connectivity index (χ2v) is 10.3. The molecule has 1 atom stereocenters. The second kappa shape index (κ2) is 11.1. The fourth-order valence-corrected chi connectivity index (χ4v) is 5.18. The van der Waals surface area contributed by atoms with Gasteiger partial charge in [0.1, 0.15) is 23.1 Å². The minimum Gasteiger partial charge on any atom is -0.381 e. The molecule has 2 fully saturated rings. The molecule has 0 spiro atoms. The summed E-state index contributed by atoms with van der Waals surface area (Å²) >= 11 is 0. The van der Waals surface area contributed by atoms with Crippen LogP contribution in [0.1, 0.15) is 61.8 Å². The number of benzene rings is 1. The van der Waals surface area contributed by atoms with E-state index in [2.05, 4.69) is 15.3 Å². The van der Waals surface area contributed by atoms with Crippen LogP contribution in [0.5, 0.6) is 0 Å². The maximum absolute atomic E-state index is 14.9. The number of rotatable bonds is 8. The lowest BCUT2D eigenvalue weighted by Crippen LogP contribution is -2.47. The molecule has 39 heavy (non-hydrogen) atoms. The van der Waals surface area contributed by atoms with Crippen LogP contribution in [-0.4, -0.2) is 58.7 Å². The van der Waals surface area contributed by atoms with E-state index >= 15 is 0 Å². The van der Waals surface area contributed by atoms with Crippen molar-refractivity contribution in [1.29, 1.82) is 0 Å². The Hall–Kier alpha value is -3.31. The summed E-state index contributed by atoms with van der Waals surface area (Å²) in [6, 6.07) is 5.23. The van der Waals surface area contributed by atoms with Gasteiger partial charge in [0.25, 0.3) is 6.43 Å². The lowest BCUT2D eigenvalue weighted by molar-refractivity contribution is -0.152. The summed E-state index contributed by atoms with van der Waals surface area (Å²) in [6.45, 7) is 7.92. The maximum atomic E-state index is 14.9. The van der Waals surface area contributed by atoms with Gasteiger partial charge in [-0.3, -0.25) is 9.78 Å². The van der Waals surface area contributed by atoms with Gasteiger partial charge in [-0.2, -0.15) is 0 Å². The molecule has 2 saturated heterocycles. The van der Waals surface area contributed by atoms with E-state index in [0.29, 0.717) is 79.9 Å². The van der Waals surface area contributed by atoms with Crippen LogP contribution in [0.25, 0.3) is 10.9 Å². The number of nitrogens with zero attached hydrogens (tertiary/aromatic N) is 4. The molecule has 208 valence electrons. The molecule has 0 unspecified atom stereocenters. The summed E-state index contributed by atoms with van der Waals surface area (Å²) in [5.74, 6) is 0.332. The van der Waals surface area contributed by atoms with Crippen molar-refractivity contribution in [3.05, 3.63) is 58.9 Å².